The molecule has 0 aliphatic carbocycles. The number of rotatable bonds is 39. The molecule has 0 radical (unpaired) electrons. The van der Waals surface area contributed by atoms with Crippen molar-refractivity contribution in [2.24, 2.45) is 0 Å². The Morgan fingerprint density at radius 2 is 0.809 bits per heavy atom. The number of carbonyl (C=O) groups excluding carboxylic acids is 1. The second-order valence-electron chi connectivity index (χ2n) is 14.0. The normalized spacial score (nSPS) is 12.5. The van der Waals surface area contributed by atoms with E-state index >= 15 is 0 Å². The van der Waals surface area contributed by atoms with E-state index in [-0.39, 0.29) is 19.2 Å². The number of phosphoric acid groups is 1. The van der Waals surface area contributed by atoms with Crippen LogP contribution in [-0.4, -0.2) is 41.7 Å². The van der Waals surface area contributed by atoms with Crippen molar-refractivity contribution < 1.29 is 33.1 Å². The van der Waals surface area contributed by atoms with Gasteiger partial charge in [-0.1, -0.05) is 200 Å². The summed E-state index contributed by atoms with van der Waals surface area (Å²) in [5.41, 5.74) is 0. The summed E-state index contributed by atoms with van der Waals surface area (Å²) in [5, 5.41) is 0. The van der Waals surface area contributed by atoms with Gasteiger partial charge < -0.3 is 19.3 Å². The number of ether oxygens (including phenoxy) is 2. The van der Waals surface area contributed by atoms with E-state index in [1.807, 2.05) is 0 Å². The lowest BCUT2D eigenvalue weighted by Gasteiger charge is -2.18. The Morgan fingerprint density at radius 1 is 0.489 bits per heavy atom. The average molecular weight is 691 g/mol. The standard InChI is InChI=1S/C39H79O7P/c1-3-5-7-9-11-13-15-17-19-21-23-25-27-29-31-33-35-44-38(37-46-47(41,42)43)36-45-39(40)34-32-30-28-26-24-22-20-18-16-14-12-10-8-6-4-2/h38H,3-37H2,1-2H3,(H2,41,42,43)/t38-/m1/s1. The van der Waals surface area contributed by atoms with Crippen molar-refractivity contribution in [1.29, 1.82) is 0 Å². The molecule has 282 valence electrons. The molecule has 0 aliphatic heterocycles. The zero-order valence-corrected chi connectivity index (χ0v) is 32.1. The third-order valence-electron chi connectivity index (χ3n) is 9.19. The smallest absolute Gasteiger partial charge is 0.463 e. The Balaban J connectivity index is 3.75. The molecule has 0 aromatic heterocycles. The van der Waals surface area contributed by atoms with Gasteiger partial charge in [0.05, 0.1) is 6.61 Å². The fourth-order valence-electron chi connectivity index (χ4n) is 6.12. The van der Waals surface area contributed by atoms with Crippen molar-refractivity contribution in [3.05, 3.63) is 0 Å². The zero-order valence-electron chi connectivity index (χ0n) is 31.2. The molecule has 0 fully saturated rings. The first-order valence-corrected chi connectivity index (χ1v) is 21.9. The van der Waals surface area contributed by atoms with Crippen LogP contribution in [0.1, 0.15) is 219 Å². The van der Waals surface area contributed by atoms with E-state index in [9.17, 15) is 9.36 Å². The van der Waals surface area contributed by atoms with Crippen molar-refractivity contribution in [3.8, 4) is 0 Å². The molecule has 0 saturated carbocycles. The van der Waals surface area contributed by atoms with Crippen LogP contribution in [0, 0.1) is 0 Å². The molecule has 0 spiro atoms. The number of unbranched alkanes of at least 4 members (excludes halogenated alkanes) is 29. The summed E-state index contributed by atoms with van der Waals surface area (Å²) in [4.78, 5) is 30.4. The lowest BCUT2D eigenvalue weighted by Crippen LogP contribution is -2.27. The van der Waals surface area contributed by atoms with E-state index in [0.717, 1.165) is 32.1 Å². The molecule has 47 heavy (non-hydrogen) atoms. The fourth-order valence-corrected chi connectivity index (χ4v) is 6.48. The Labute approximate surface area is 291 Å². The maximum atomic E-state index is 12.2. The highest BCUT2D eigenvalue weighted by Gasteiger charge is 2.20. The number of esters is 1. The van der Waals surface area contributed by atoms with E-state index in [2.05, 4.69) is 18.4 Å². The molecule has 0 aromatic carbocycles. The molecule has 0 saturated heterocycles. The first-order valence-electron chi connectivity index (χ1n) is 20.4. The highest BCUT2D eigenvalue weighted by molar-refractivity contribution is 7.46. The van der Waals surface area contributed by atoms with E-state index in [1.165, 1.54) is 167 Å². The predicted molar refractivity (Wildman–Crippen MR) is 198 cm³/mol. The number of carbonyl (C=O) groups is 1. The van der Waals surface area contributed by atoms with Gasteiger partial charge in [0.15, 0.2) is 0 Å². The molecule has 0 heterocycles. The Kier molecular flexibility index (Phi) is 36.5. The average Bonchev–Trinajstić information content (AvgIpc) is 3.04. The molecule has 0 aliphatic rings. The van der Waals surface area contributed by atoms with Crippen LogP contribution >= 0.6 is 7.82 Å². The maximum absolute atomic E-state index is 12.2. The highest BCUT2D eigenvalue weighted by Crippen LogP contribution is 2.35. The summed E-state index contributed by atoms with van der Waals surface area (Å²) in [5.74, 6) is -0.285. The molecule has 0 unspecified atom stereocenters. The van der Waals surface area contributed by atoms with Gasteiger partial charge in [0, 0.05) is 13.0 Å². The van der Waals surface area contributed by atoms with Crippen molar-refractivity contribution in [3.63, 3.8) is 0 Å². The molecule has 8 heteroatoms. The van der Waals surface area contributed by atoms with E-state index < -0.39 is 13.9 Å². The quantitative estimate of drug-likeness (QED) is 0.0376. The minimum atomic E-state index is -4.61. The third-order valence-corrected chi connectivity index (χ3v) is 9.68. The van der Waals surface area contributed by atoms with Gasteiger partial charge in [-0.15, -0.1) is 0 Å². The van der Waals surface area contributed by atoms with Gasteiger partial charge in [0.2, 0.25) is 0 Å². The van der Waals surface area contributed by atoms with Crippen LogP contribution < -0.4 is 0 Å². The molecule has 0 rings (SSSR count). The Hall–Kier alpha value is -0.460. The molecule has 7 nitrogen and oxygen atoms in total. The van der Waals surface area contributed by atoms with Gasteiger partial charge in [-0.3, -0.25) is 9.32 Å². The monoisotopic (exact) mass is 691 g/mol. The second-order valence-corrected chi connectivity index (χ2v) is 15.2. The van der Waals surface area contributed by atoms with Crippen LogP contribution in [0.2, 0.25) is 0 Å². The van der Waals surface area contributed by atoms with Gasteiger partial charge in [-0.05, 0) is 12.8 Å². The minimum Gasteiger partial charge on any atom is -0.463 e. The van der Waals surface area contributed by atoms with E-state index in [1.54, 1.807) is 0 Å². The van der Waals surface area contributed by atoms with Crippen LogP contribution in [0.15, 0.2) is 0 Å². The lowest BCUT2D eigenvalue weighted by atomic mass is 10.0. The topological polar surface area (TPSA) is 102 Å². The van der Waals surface area contributed by atoms with Crippen molar-refractivity contribution in [2.75, 3.05) is 19.8 Å². The fraction of sp³-hybridized carbons (Fsp3) is 0.974. The van der Waals surface area contributed by atoms with E-state index in [0.29, 0.717) is 13.0 Å². The summed E-state index contributed by atoms with van der Waals surface area (Å²) in [6.45, 7) is 4.66. The zero-order chi connectivity index (χ0) is 34.5. The van der Waals surface area contributed by atoms with Crippen molar-refractivity contribution in [1.82, 2.24) is 0 Å². The third kappa shape index (κ3) is 39.9. The first kappa shape index (κ1) is 46.5. The van der Waals surface area contributed by atoms with Gasteiger partial charge in [0.25, 0.3) is 0 Å². The maximum Gasteiger partial charge on any atom is 0.469 e. The summed E-state index contributed by atoms with van der Waals surface area (Å²) in [6, 6.07) is 0. The molecule has 0 amide bonds. The molecular weight excluding hydrogens is 611 g/mol. The van der Waals surface area contributed by atoms with Crippen molar-refractivity contribution in [2.45, 2.75) is 225 Å². The van der Waals surface area contributed by atoms with E-state index in [4.69, 9.17) is 19.3 Å². The van der Waals surface area contributed by atoms with Gasteiger partial charge in [0.1, 0.15) is 12.7 Å². The van der Waals surface area contributed by atoms with Crippen LogP contribution in [0.3, 0.4) is 0 Å². The summed E-state index contributed by atoms with van der Waals surface area (Å²) < 4.78 is 27.0. The summed E-state index contributed by atoms with van der Waals surface area (Å²) in [7, 11) is -4.61. The SMILES string of the molecule is CCCCCCCCCCCCCCCCCCO[C@H](COC(=O)CCCCCCCCCCCCCCCCC)COP(=O)(O)O. The summed E-state index contributed by atoms with van der Waals surface area (Å²) >= 11 is 0. The highest BCUT2D eigenvalue weighted by atomic mass is 31.2. The predicted octanol–water partition coefficient (Wildman–Crippen LogP) is 12.5. The lowest BCUT2D eigenvalue weighted by molar-refractivity contribution is -0.149. The van der Waals surface area contributed by atoms with Gasteiger partial charge in [-0.2, -0.15) is 0 Å². The second kappa shape index (κ2) is 36.8. The number of phosphoric ester groups is 1. The number of hydrogen-bond acceptors (Lipinski definition) is 5. The molecule has 0 aromatic rings. The van der Waals surface area contributed by atoms with Crippen LogP contribution in [0.25, 0.3) is 0 Å². The molecule has 0 bridgehead atoms. The molecule has 1 atom stereocenters. The van der Waals surface area contributed by atoms with Crippen molar-refractivity contribution >= 4 is 13.8 Å². The Morgan fingerprint density at radius 3 is 1.15 bits per heavy atom. The van der Waals surface area contributed by atoms with Gasteiger partial charge >= 0.3 is 13.8 Å². The van der Waals surface area contributed by atoms with Crippen LogP contribution in [0.5, 0.6) is 0 Å². The van der Waals surface area contributed by atoms with Crippen LogP contribution in [0.4, 0.5) is 0 Å². The molecule has 2 N–H and O–H groups in total. The number of hydrogen-bond donors (Lipinski definition) is 2. The minimum absolute atomic E-state index is 0.0452. The largest absolute Gasteiger partial charge is 0.469 e. The molecular formula is C39H79O7P. The summed E-state index contributed by atoms with van der Waals surface area (Å²) in [6.07, 6.45) is 39.6. The Bertz CT molecular complexity index is 684. The van der Waals surface area contributed by atoms with Gasteiger partial charge in [-0.25, -0.2) is 4.57 Å². The van der Waals surface area contributed by atoms with Crippen LogP contribution in [-0.2, 0) is 23.4 Å². The first-order chi connectivity index (χ1) is 22.9.